The fraction of sp³-hybridized carbons (Fsp3) is 0.595. The summed E-state index contributed by atoms with van der Waals surface area (Å²) in [6.07, 6.45) is 9.68. The summed E-state index contributed by atoms with van der Waals surface area (Å²) in [6, 6.07) is 16.1. The van der Waals surface area contributed by atoms with Gasteiger partial charge in [-0.3, -0.25) is 14.4 Å². The molecule has 3 rings (SSSR count). The monoisotopic (exact) mass is 625 g/mol. The number of fused-ring (bicyclic) bond motifs is 1. The molecule has 0 aliphatic carbocycles. The van der Waals surface area contributed by atoms with Gasteiger partial charge in [0.1, 0.15) is 11.8 Å². The number of hydrogen-bond donors (Lipinski definition) is 3. The Labute approximate surface area is 272 Å². The molecule has 0 saturated carbocycles. The van der Waals surface area contributed by atoms with Crippen LogP contribution in [-0.2, 0) is 33.6 Å². The maximum Gasteiger partial charge on any atom is 0.245 e. The van der Waals surface area contributed by atoms with Crippen molar-refractivity contribution in [1.29, 1.82) is 0 Å². The van der Waals surface area contributed by atoms with Crippen molar-refractivity contribution in [2.75, 3.05) is 26.7 Å². The number of nitrogens with zero attached hydrogens (tertiary/aromatic N) is 1. The highest BCUT2D eigenvalue weighted by molar-refractivity contribution is 5.88. The Morgan fingerprint density at radius 1 is 1.07 bits per heavy atom. The van der Waals surface area contributed by atoms with E-state index in [0.29, 0.717) is 12.6 Å². The summed E-state index contributed by atoms with van der Waals surface area (Å²) < 4.78 is 6.17. The van der Waals surface area contributed by atoms with Crippen LogP contribution < -0.4 is 15.4 Å². The number of amides is 3. The van der Waals surface area contributed by atoms with E-state index in [1.165, 1.54) is 28.0 Å². The molecule has 1 heterocycles. The summed E-state index contributed by atoms with van der Waals surface area (Å²) in [5.41, 5.74) is 4.03. The lowest BCUT2D eigenvalue weighted by Gasteiger charge is -2.30. The third-order valence-corrected chi connectivity index (χ3v) is 8.44. The number of nitrogens with one attached hydrogen (secondary N) is 2. The zero-order valence-electron chi connectivity index (χ0n) is 28.8. The molecule has 252 valence electrons. The van der Waals surface area contributed by atoms with Gasteiger partial charge in [-0.25, -0.2) is 0 Å². The molecule has 4 unspecified atom stereocenters. The number of benzene rings is 2. The molecule has 0 radical (unpaired) electrons. The quantitative estimate of drug-likeness (QED) is 0.173. The van der Waals surface area contributed by atoms with Crippen LogP contribution in [0.5, 0.6) is 5.75 Å². The van der Waals surface area contributed by atoms with Crippen LogP contribution in [0, 0.1) is 11.8 Å². The van der Waals surface area contributed by atoms with E-state index in [9.17, 15) is 19.5 Å². The first-order valence-electron chi connectivity index (χ1n) is 16.8. The van der Waals surface area contributed by atoms with Crippen molar-refractivity contribution in [3.8, 4) is 5.75 Å². The first-order valence-corrected chi connectivity index (χ1v) is 16.8. The molecule has 4 atom stereocenters. The molecule has 2 aromatic carbocycles. The van der Waals surface area contributed by atoms with E-state index in [0.717, 1.165) is 63.7 Å². The molecule has 3 amide bonds. The van der Waals surface area contributed by atoms with Gasteiger partial charge in [-0.1, -0.05) is 96.0 Å². The average Bonchev–Trinajstić information content (AvgIpc) is 3.07. The zero-order valence-corrected chi connectivity index (χ0v) is 28.8. The van der Waals surface area contributed by atoms with Crippen molar-refractivity contribution in [1.82, 2.24) is 15.5 Å². The van der Waals surface area contributed by atoms with Crippen LogP contribution in [0.15, 0.2) is 48.5 Å². The lowest BCUT2D eigenvalue weighted by molar-refractivity contribution is -0.144. The van der Waals surface area contributed by atoms with Crippen LogP contribution in [-0.4, -0.2) is 67.1 Å². The molecule has 0 saturated heterocycles. The molecular weight excluding hydrogens is 566 g/mol. The topological polar surface area (TPSA) is 108 Å². The van der Waals surface area contributed by atoms with Gasteiger partial charge < -0.3 is 25.4 Å². The van der Waals surface area contributed by atoms with Crippen LogP contribution >= 0.6 is 0 Å². The molecule has 8 heteroatoms. The lowest BCUT2D eigenvalue weighted by atomic mass is 9.92. The van der Waals surface area contributed by atoms with E-state index >= 15 is 0 Å². The van der Waals surface area contributed by atoms with Gasteiger partial charge in [0, 0.05) is 26.1 Å². The van der Waals surface area contributed by atoms with Crippen molar-refractivity contribution in [3.05, 3.63) is 65.2 Å². The second kappa shape index (κ2) is 23.0. The van der Waals surface area contributed by atoms with Gasteiger partial charge in [0.25, 0.3) is 0 Å². The average molecular weight is 626 g/mol. The highest BCUT2D eigenvalue weighted by Gasteiger charge is 2.30. The third-order valence-electron chi connectivity index (χ3n) is 8.44. The van der Waals surface area contributed by atoms with Crippen LogP contribution in [0.1, 0.15) is 90.3 Å². The van der Waals surface area contributed by atoms with E-state index in [1.54, 1.807) is 14.0 Å². The number of aryl methyl sites for hydroxylation is 3. The molecule has 8 nitrogen and oxygen atoms in total. The number of aliphatic hydroxyl groups excluding tert-OH is 1. The predicted octanol–water partition coefficient (Wildman–Crippen LogP) is 5.73. The first kappa shape index (κ1) is 39.6. The molecule has 3 N–H and O–H groups in total. The normalized spacial score (nSPS) is 15.2. The largest absolute Gasteiger partial charge is 0.490 e. The predicted molar refractivity (Wildman–Crippen MR) is 183 cm³/mol. The summed E-state index contributed by atoms with van der Waals surface area (Å²) >= 11 is 0. The minimum atomic E-state index is -0.802. The minimum absolute atomic E-state index is 0.102. The maximum absolute atomic E-state index is 12.2. The molecule has 0 spiro atoms. The Morgan fingerprint density at radius 3 is 2.33 bits per heavy atom. The minimum Gasteiger partial charge on any atom is -0.490 e. The summed E-state index contributed by atoms with van der Waals surface area (Å²) in [5.74, 6) is 0.803. The summed E-state index contributed by atoms with van der Waals surface area (Å²) in [4.78, 5) is 35.5. The fourth-order valence-electron chi connectivity index (χ4n) is 5.15. The van der Waals surface area contributed by atoms with E-state index in [-0.39, 0.29) is 30.3 Å². The van der Waals surface area contributed by atoms with Crippen molar-refractivity contribution in [2.24, 2.45) is 11.8 Å². The Bertz CT molecular complexity index is 1110. The van der Waals surface area contributed by atoms with Gasteiger partial charge in [0.2, 0.25) is 18.2 Å². The summed E-state index contributed by atoms with van der Waals surface area (Å²) in [7, 11) is 1.57. The van der Waals surface area contributed by atoms with Gasteiger partial charge in [0.15, 0.2) is 0 Å². The number of para-hydroxylation sites is 1. The number of aliphatic hydroxyl groups is 1. The maximum atomic E-state index is 12.2. The molecule has 45 heavy (non-hydrogen) atoms. The van der Waals surface area contributed by atoms with Crippen molar-refractivity contribution in [3.63, 3.8) is 0 Å². The second-order valence-electron chi connectivity index (χ2n) is 11.7. The van der Waals surface area contributed by atoms with Gasteiger partial charge >= 0.3 is 0 Å². The summed E-state index contributed by atoms with van der Waals surface area (Å²) in [6.45, 7) is 12.9. The van der Waals surface area contributed by atoms with E-state index < -0.39 is 6.04 Å². The van der Waals surface area contributed by atoms with Crippen molar-refractivity contribution < 1.29 is 24.2 Å². The molecular formula is C37H59N3O5. The van der Waals surface area contributed by atoms with Crippen LogP contribution in [0.4, 0.5) is 0 Å². The van der Waals surface area contributed by atoms with Crippen molar-refractivity contribution in [2.45, 2.75) is 105 Å². The lowest BCUT2D eigenvalue weighted by Crippen LogP contribution is -2.51. The number of likely N-dealkylation sites (N-methyl/N-ethyl adjacent to an activating group) is 2. The second-order valence-corrected chi connectivity index (χ2v) is 11.7. The molecule has 0 aromatic heterocycles. The SMILES string of the molecule is CCCC1CCc2cccc(CCCNC=O)c2O1.CCNC(=O)C(CO)N(C)C(=O)C(C)C(C)CC.CCc1ccccc1. The third kappa shape index (κ3) is 14.1. The number of hydrogen-bond acceptors (Lipinski definition) is 5. The van der Waals surface area contributed by atoms with E-state index in [2.05, 4.69) is 66.9 Å². The molecule has 2 aromatic rings. The Morgan fingerprint density at radius 2 is 1.78 bits per heavy atom. The molecule has 1 aliphatic rings. The van der Waals surface area contributed by atoms with Gasteiger partial charge in [-0.05, 0) is 68.1 Å². The Balaban J connectivity index is 0.000000363. The first-order chi connectivity index (χ1) is 21.7. The fourth-order valence-corrected chi connectivity index (χ4v) is 5.15. The zero-order chi connectivity index (χ0) is 33.6. The molecule has 0 fully saturated rings. The van der Waals surface area contributed by atoms with Crippen LogP contribution in [0.25, 0.3) is 0 Å². The Hall–Kier alpha value is -3.39. The summed E-state index contributed by atoms with van der Waals surface area (Å²) in [5, 5.41) is 14.6. The number of carbonyl (C=O) groups is 3. The van der Waals surface area contributed by atoms with Crippen LogP contribution in [0.3, 0.4) is 0 Å². The number of carbonyl (C=O) groups excluding carboxylic acids is 3. The number of rotatable bonds is 15. The number of ether oxygens (including phenoxy) is 1. The van der Waals surface area contributed by atoms with Crippen LogP contribution in [0.2, 0.25) is 0 Å². The van der Waals surface area contributed by atoms with E-state index in [4.69, 9.17) is 4.74 Å². The van der Waals surface area contributed by atoms with Crippen molar-refractivity contribution >= 4 is 18.2 Å². The van der Waals surface area contributed by atoms with E-state index in [1.807, 2.05) is 26.8 Å². The van der Waals surface area contributed by atoms with Gasteiger partial charge in [0.05, 0.1) is 12.7 Å². The highest BCUT2D eigenvalue weighted by atomic mass is 16.5. The van der Waals surface area contributed by atoms with Gasteiger partial charge in [-0.15, -0.1) is 0 Å². The van der Waals surface area contributed by atoms with Gasteiger partial charge in [-0.2, -0.15) is 0 Å². The smallest absolute Gasteiger partial charge is 0.245 e. The molecule has 1 aliphatic heterocycles. The standard InChI is InChI=1S/C16H23NO2.C13H26N2O3.C8H10/c1-2-5-15-10-9-14-7-3-6-13(16(14)19-15)8-4-11-17-12-18;1-6-9(3)10(4)13(18)15(5)11(8-16)12(17)14-7-2;1-2-8-6-4-3-5-7-8/h3,6-7,12,15H,2,4-5,8-11H2,1H3,(H,17,18);9-11,16H,6-8H2,1-5H3,(H,14,17);3-7H,2H2,1H3. The highest BCUT2D eigenvalue weighted by Crippen LogP contribution is 2.33. The molecule has 0 bridgehead atoms. The Kier molecular flexibility index (Phi) is 20.3.